The third kappa shape index (κ3) is 4.23. The molecule has 25 heavy (non-hydrogen) atoms. The zero-order chi connectivity index (χ0) is 17.8. The van der Waals surface area contributed by atoms with Crippen molar-refractivity contribution in [2.45, 2.75) is 18.9 Å². The van der Waals surface area contributed by atoms with Gasteiger partial charge in [-0.15, -0.1) is 0 Å². The molecule has 1 aromatic heterocycles. The van der Waals surface area contributed by atoms with Crippen LogP contribution >= 0.6 is 0 Å². The van der Waals surface area contributed by atoms with E-state index < -0.39 is 5.82 Å². The molecule has 1 saturated heterocycles. The van der Waals surface area contributed by atoms with E-state index in [4.69, 9.17) is 4.74 Å². The number of benzene rings is 1. The number of halogens is 1. The van der Waals surface area contributed by atoms with E-state index in [1.165, 1.54) is 0 Å². The van der Waals surface area contributed by atoms with Crippen molar-refractivity contribution in [1.82, 2.24) is 14.9 Å². The van der Waals surface area contributed by atoms with E-state index in [0.29, 0.717) is 18.7 Å². The summed E-state index contributed by atoms with van der Waals surface area (Å²) < 4.78 is 18.6. The molecule has 1 fully saturated rings. The average Bonchev–Trinajstić information content (AvgIpc) is 2.63. The monoisotopic (exact) mass is 344 g/mol. The van der Waals surface area contributed by atoms with Gasteiger partial charge in [-0.1, -0.05) is 6.07 Å². The van der Waals surface area contributed by atoms with Gasteiger partial charge < -0.3 is 14.5 Å². The maximum absolute atomic E-state index is 12.9. The van der Waals surface area contributed by atoms with Gasteiger partial charge in [-0.05, 0) is 31.0 Å². The highest BCUT2D eigenvalue weighted by Gasteiger charge is 2.26. The van der Waals surface area contributed by atoms with Gasteiger partial charge in [-0.3, -0.25) is 4.79 Å². The Labute approximate surface area is 146 Å². The predicted octanol–water partition coefficient (Wildman–Crippen LogP) is 2.37. The molecule has 3 rings (SSSR count). The van der Waals surface area contributed by atoms with Crippen molar-refractivity contribution in [2.24, 2.45) is 0 Å². The number of carbonyl (C=O) groups excluding carboxylic acids is 1. The highest BCUT2D eigenvalue weighted by molar-refractivity contribution is 5.95. The van der Waals surface area contributed by atoms with Gasteiger partial charge in [0, 0.05) is 31.9 Å². The number of aromatic nitrogens is 2. The smallest absolute Gasteiger partial charge is 0.316 e. The third-order valence-electron chi connectivity index (χ3n) is 4.14. The standard InChI is InChI=1S/C18H21FN4O2/c1-22(2)15-6-3-5-13(9-15)17(24)23-8-4-7-16(12-23)25-18-20-10-14(19)11-21-18/h3,5-6,9-11,16H,4,7-8,12H2,1-2H3. The predicted molar refractivity (Wildman–Crippen MR) is 92.3 cm³/mol. The normalized spacial score (nSPS) is 17.2. The molecule has 0 aliphatic carbocycles. The van der Waals surface area contributed by atoms with E-state index in [1.807, 2.05) is 43.3 Å². The summed E-state index contributed by atoms with van der Waals surface area (Å²) in [6.45, 7) is 1.15. The summed E-state index contributed by atoms with van der Waals surface area (Å²) in [5.74, 6) is -0.523. The van der Waals surface area contributed by atoms with Gasteiger partial charge in [0.2, 0.25) is 0 Å². The molecule has 1 aliphatic rings. The lowest BCUT2D eigenvalue weighted by Gasteiger charge is -2.32. The molecule has 7 heteroatoms. The Morgan fingerprint density at radius 1 is 1.32 bits per heavy atom. The van der Waals surface area contributed by atoms with E-state index in [9.17, 15) is 9.18 Å². The minimum atomic E-state index is -0.506. The topological polar surface area (TPSA) is 58.6 Å². The van der Waals surface area contributed by atoms with Crippen molar-refractivity contribution in [3.05, 3.63) is 48.0 Å². The quantitative estimate of drug-likeness (QED) is 0.852. The Morgan fingerprint density at radius 3 is 2.80 bits per heavy atom. The van der Waals surface area contributed by atoms with Crippen molar-refractivity contribution in [3.8, 4) is 6.01 Å². The second kappa shape index (κ2) is 7.46. The number of rotatable bonds is 4. The highest BCUT2D eigenvalue weighted by Crippen LogP contribution is 2.20. The summed E-state index contributed by atoms with van der Waals surface area (Å²) in [6, 6.07) is 7.69. The molecular weight excluding hydrogens is 323 g/mol. The Bertz CT molecular complexity index is 736. The second-order valence-electron chi connectivity index (χ2n) is 6.26. The molecule has 132 valence electrons. The molecule has 1 atom stereocenters. The number of nitrogens with zero attached hydrogens (tertiary/aromatic N) is 4. The van der Waals surface area contributed by atoms with E-state index in [1.54, 1.807) is 4.90 Å². The Hall–Kier alpha value is -2.70. The van der Waals surface area contributed by atoms with Crippen LogP contribution in [0.2, 0.25) is 0 Å². The van der Waals surface area contributed by atoms with Crippen molar-refractivity contribution < 1.29 is 13.9 Å². The lowest BCUT2D eigenvalue weighted by atomic mass is 10.1. The molecule has 2 aromatic rings. The second-order valence-corrected chi connectivity index (χ2v) is 6.26. The number of carbonyl (C=O) groups is 1. The van der Waals surface area contributed by atoms with Gasteiger partial charge in [-0.2, -0.15) is 0 Å². The minimum absolute atomic E-state index is 0.0166. The first-order valence-corrected chi connectivity index (χ1v) is 8.24. The van der Waals surface area contributed by atoms with Crippen LogP contribution in [0.4, 0.5) is 10.1 Å². The molecule has 1 amide bonds. The van der Waals surface area contributed by atoms with Gasteiger partial charge in [0.1, 0.15) is 6.10 Å². The maximum Gasteiger partial charge on any atom is 0.316 e. The van der Waals surface area contributed by atoms with Crippen LogP contribution in [0.3, 0.4) is 0 Å². The van der Waals surface area contributed by atoms with E-state index >= 15 is 0 Å². The van der Waals surface area contributed by atoms with Gasteiger partial charge in [-0.25, -0.2) is 14.4 Å². The van der Waals surface area contributed by atoms with Crippen molar-refractivity contribution >= 4 is 11.6 Å². The highest BCUT2D eigenvalue weighted by atomic mass is 19.1. The van der Waals surface area contributed by atoms with Gasteiger partial charge in [0.25, 0.3) is 5.91 Å². The lowest BCUT2D eigenvalue weighted by molar-refractivity contribution is 0.0515. The molecule has 1 aliphatic heterocycles. The van der Waals surface area contributed by atoms with Gasteiger partial charge >= 0.3 is 6.01 Å². The molecule has 6 nitrogen and oxygen atoms in total. The molecule has 2 heterocycles. The van der Waals surface area contributed by atoms with Gasteiger partial charge in [0.15, 0.2) is 5.82 Å². The molecule has 0 spiro atoms. The number of piperidine rings is 1. The Kier molecular flexibility index (Phi) is 5.11. The van der Waals surface area contributed by atoms with E-state index in [0.717, 1.165) is 30.9 Å². The molecule has 0 N–H and O–H groups in total. The van der Waals surface area contributed by atoms with Crippen molar-refractivity contribution in [3.63, 3.8) is 0 Å². The van der Waals surface area contributed by atoms with Crippen LogP contribution in [0.1, 0.15) is 23.2 Å². The number of hydrogen-bond donors (Lipinski definition) is 0. The first kappa shape index (κ1) is 17.1. The SMILES string of the molecule is CN(C)c1cccc(C(=O)N2CCCC(Oc3ncc(F)cn3)C2)c1. The summed E-state index contributed by atoms with van der Waals surface area (Å²) in [4.78, 5) is 24.2. The van der Waals surface area contributed by atoms with Crippen LogP contribution < -0.4 is 9.64 Å². The molecular formula is C18H21FN4O2. The number of amides is 1. The Balaban J connectivity index is 1.67. The summed E-state index contributed by atoms with van der Waals surface area (Å²) in [6.07, 6.45) is 3.59. The fourth-order valence-corrected chi connectivity index (χ4v) is 2.83. The van der Waals surface area contributed by atoms with Crippen LogP contribution in [0, 0.1) is 5.82 Å². The summed E-state index contributed by atoms with van der Waals surface area (Å²) in [5, 5.41) is 0. The number of ether oxygens (including phenoxy) is 1. The van der Waals surface area contributed by atoms with E-state index in [-0.39, 0.29) is 18.0 Å². The maximum atomic E-state index is 12.9. The number of hydrogen-bond acceptors (Lipinski definition) is 5. The lowest BCUT2D eigenvalue weighted by Crippen LogP contribution is -2.44. The van der Waals surface area contributed by atoms with Crippen LogP contribution in [0.15, 0.2) is 36.7 Å². The van der Waals surface area contributed by atoms with E-state index in [2.05, 4.69) is 9.97 Å². The summed E-state index contributed by atoms with van der Waals surface area (Å²) >= 11 is 0. The fourth-order valence-electron chi connectivity index (χ4n) is 2.83. The molecule has 0 saturated carbocycles. The third-order valence-corrected chi connectivity index (χ3v) is 4.14. The van der Waals surface area contributed by atoms with Crippen molar-refractivity contribution in [1.29, 1.82) is 0 Å². The van der Waals surface area contributed by atoms with Crippen LogP contribution in [-0.2, 0) is 0 Å². The first-order chi connectivity index (χ1) is 12.0. The van der Waals surface area contributed by atoms with Crippen LogP contribution in [-0.4, -0.2) is 54.1 Å². The fraction of sp³-hybridized carbons (Fsp3) is 0.389. The van der Waals surface area contributed by atoms with Crippen molar-refractivity contribution in [2.75, 3.05) is 32.1 Å². The zero-order valence-corrected chi connectivity index (χ0v) is 14.4. The largest absolute Gasteiger partial charge is 0.458 e. The summed E-state index contributed by atoms with van der Waals surface area (Å²) in [7, 11) is 3.88. The average molecular weight is 344 g/mol. The van der Waals surface area contributed by atoms with Crippen LogP contribution in [0.5, 0.6) is 6.01 Å². The van der Waals surface area contributed by atoms with Gasteiger partial charge in [0.05, 0.1) is 18.9 Å². The Morgan fingerprint density at radius 2 is 2.08 bits per heavy atom. The number of likely N-dealkylation sites (tertiary alicyclic amines) is 1. The molecule has 0 bridgehead atoms. The molecule has 1 aromatic carbocycles. The van der Waals surface area contributed by atoms with Crippen LogP contribution in [0.25, 0.3) is 0 Å². The molecule has 0 radical (unpaired) electrons. The first-order valence-electron chi connectivity index (χ1n) is 8.24. The minimum Gasteiger partial charge on any atom is -0.458 e. The summed E-state index contributed by atoms with van der Waals surface area (Å²) in [5.41, 5.74) is 1.64. The zero-order valence-electron chi connectivity index (χ0n) is 14.4. The molecule has 1 unspecified atom stereocenters. The number of anilines is 1.